The van der Waals surface area contributed by atoms with Gasteiger partial charge in [0.05, 0.1) is 9.75 Å². The first kappa shape index (κ1) is 15.1. The Balaban J connectivity index is 2.53. The first-order valence-electron chi connectivity index (χ1n) is 5.66. The summed E-state index contributed by atoms with van der Waals surface area (Å²) < 4.78 is 0. The van der Waals surface area contributed by atoms with Crippen LogP contribution in [0.3, 0.4) is 0 Å². The van der Waals surface area contributed by atoms with Crippen molar-refractivity contribution in [1.29, 1.82) is 0 Å². The fourth-order valence-corrected chi connectivity index (χ4v) is 2.69. The molecule has 0 saturated carbocycles. The topological polar surface area (TPSA) is 49.3 Å². The molecule has 1 aromatic heterocycles. The Hall–Kier alpha value is -0.960. The fraction of sp³-hybridized carbons (Fsp3) is 0.462. The minimum Gasteiger partial charge on any atom is -0.384 e. The smallest absolute Gasteiger partial charge is 0.261 e. The van der Waals surface area contributed by atoms with Crippen LogP contribution in [-0.4, -0.2) is 35.7 Å². The quantitative estimate of drug-likeness (QED) is 0.812. The summed E-state index contributed by atoms with van der Waals surface area (Å²) in [5.74, 6) is 6.35. The molecule has 2 N–H and O–H groups in total. The Morgan fingerprint density at radius 3 is 3.06 bits per heavy atom. The molecule has 1 unspecified atom stereocenters. The second kappa shape index (κ2) is 8.20. The van der Waals surface area contributed by atoms with Crippen molar-refractivity contribution in [3.63, 3.8) is 0 Å². The number of aliphatic hydroxyl groups is 1. The summed E-state index contributed by atoms with van der Waals surface area (Å²) >= 11 is 3.12. The number of aliphatic hydroxyl groups excluding tert-OH is 1. The molecule has 0 aliphatic carbocycles. The second-order valence-electron chi connectivity index (χ2n) is 3.78. The standard InChI is InChI=1S/C13H17NO2S2/c1-10(7-9-17-2)14-13(16)12-6-5-11(18-12)4-3-8-15/h5-6,10,15H,7-9H2,1-2H3,(H,14,16). The lowest BCUT2D eigenvalue weighted by molar-refractivity contribution is 0.0943. The largest absolute Gasteiger partial charge is 0.384 e. The van der Waals surface area contributed by atoms with Crippen molar-refractivity contribution in [3.8, 4) is 11.8 Å². The molecule has 3 nitrogen and oxygen atoms in total. The van der Waals surface area contributed by atoms with Gasteiger partial charge in [-0.3, -0.25) is 4.79 Å². The van der Waals surface area contributed by atoms with Gasteiger partial charge in [-0.1, -0.05) is 11.8 Å². The van der Waals surface area contributed by atoms with Crippen molar-refractivity contribution in [1.82, 2.24) is 5.32 Å². The van der Waals surface area contributed by atoms with Crippen molar-refractivity contribution in [2.45, 2.75) is 19.4 Å². The second-order valence-corrected chi connectivity index (χ2v) is 5.85. The summed E-state index contributed by atoms with van der Waals surface area (Å²) in [5.41, 5.74) is 0. The molecule has 5 heteroatoms. The van der Waals surface area contributed by atoms with Crippen LogP contribution in [0.2, 0.25) is 0 Å². The third-order valence-electron chi connectivity index (χ3n) is 2.25. The zero-order chi connectivity index (χ0) is 13.4. The molecular weight excluding hydrogens is 266 g/mol. The molecule has 18 heavy (non-hydrogen) atoms. The molecule has 0 aliphatic heterocycles. The molecule has 0 fully saturated rings. The Kier molecular flexibility index (Phi) is 6.88. The van der Waals surface area contributed by atoms with E-state index in [4.69, 9.17) is 5.11 Å². The van der Waals surface area contributed by atoms with Crippen molar-refractivity contribution in [2.75, 3.05) is 18.6 Å². The van der Waals surface area contributed by atoms with Crippen LogP contribution in [-0.2, 0) is 0 Å². The molecule has 1 atom stereocenters. The highest BCUT2D eigenvalue weighted by molar-refractivity contribution is 7.98. The molecule has 1 aromatic rings. The van der Waals surface area contributed by atoms with Gasteiger partial charge >= 0.3 is 0 Å². The Labute approximate surface area is 116 Å². The van der Waals surface area contributed by atoms with Gasteiger partial charge in [0.1, 0.15) is 6.61 Å². The van der Waals surface area contributed by atoms with Crippen LogP contribution in [0.1, 0.15) is 27.9 Å². The van der Waals surface area contributed by atoms with E-state index >= 15 is 0 Å². The SMILES string of the molecule is CSCCC(C)NC(=O)c1ccc(C#CCO)s1. The van der Waals surface area contributed by atoms with E-state index in [1.807, 2.05) is 6.92 Å². The van der Waals surface area contributed by atoms with E-state index < -0.39 is 0 Å². The van der Waals surface area contributed by atoms with E-state index in [9.17, 15) is 4.79 Å². The maximum absolute atomic E-state index is 11.9. The Bertz CT molecular complexity index is 445. The van der Waals surface area contributed by atoms with E-state index in [-0.39, 0.29) is 18.6 Å². The summed E-state index contributed by atoms with van der Waals surface area (Å²) in [7, 11) is 0. The predicted octanol–water partition coefficient (Wildman–Crippen LogP) is 1.96. The molecule has 98 valence electrons. The van der Waals surface area contributed by atoms with Gasteiger partial charge in [-0.2, -0.15) is 11.8 Å². The lowest BCUT2D eigenvalue weighted by atomic mass is 10.2. The van der Waals surface area contributed by atoms with Crippen molar-refractivity contribution in [2.24, 2.45) is 0 Å². The van der Waals surface area contributed by atoms with Crippen LogP contribution in [0.5, 0.6) is 0 Å². The number of carbonyl (C=O) groups excluding carboxylic acids is 1. The molecular formula is C13H17NO2S2. The maximum Gasteiger partial charge on any atom is 0.261 e. The van der Waals surface area contributed by atoms with E-state index in [2.05, 4.69) is 23.4 Å². The van der Waals surface area contributed by atoms with Gasteiger partial charge in [0, 0.05) is 6.04 Å². The number of hydrogen-bond acceptors (Lipinski definition) is 4. The van der Waals surface area contributed by atoms with E-state index in [1.165, 1.54) is 11.3 Å². The van der Waals surface area contributed by atoms with Gasteiger partial charge in [0.25, 0.3) is 5.91 Å². The number of hydrogen-bond donors (Lipinski definition) is 2. The van der Waals surface area contributed by atoms with Gasteiger partial charge in [0.15, 0.2) is 0 Å². The molecule has 1 amide bonds. The Morgan fingerprint density at radius 1 is 1.61 bits per heavy atom. The highest BCUT2D eigenvalue weighted by Crippen LogP contribution is 2.15. The van der Waals surface area contributed by atoms with Crippen LogP contribution in [0.15, 0.2) is 12.1 Å². The molecule has 0 bridgehead atoms. The zero-order valence-electron chi connectivity index (χ0n) is 10.5. The third kappa shape index (κ3) is 5.13. The van der Waals surface area contributed by atoms with E-state index in [1.54, 1.807) is 23.9 Å². The minimum absolute atomic E-state index is 0.0503. The highest BCUT2D eigenvalue weighted by Gasteiger charge is 2.11. The maximum atomic E-state index is 11.9. The van der Waals surface area contributed by atoms with Gasteiger partial charge in [-0.25, -0.2) is 0 Å². The van der Waals surface area contributed by atoms with Crippen LogP contribution in [0, 0.1) is 11.8 Å². The summed E-state index contributed by atoms with van der Waals surface area (Å²) in [6.45, 7) is 1.85. The molecule has 1 rings (SSSR count). The number of carbonyl (C=O) groups is 1. The lowest BCUT2D eigenvalue weighted by Gasteiger charge is -2.11. The average Bonchev–Trinajstić information content (AvgIpc) is 2.82. The van der Waals surface area contributed by atoms with Crippen molar-refractivity contribution in [3.05, 3.63) is 21.9 Å². The average molecular weight is 283 g/mol. The minimum atomic E-state index is -0.162. The monoisotopic (exact) mass is 283 g/mol. The first-order valence-corrected chi connectivity index (χ1v) is 7.87. The van der Waals surface area contributed by atoms with Crippen LogP contribution in [0.4, 0.5) is 0 Å². The van der Waals surface area contributed by atoms with E-state index in [0.29, 0.717) is 4.88 Å². The molecule has 0 spiro atoms. The van der Waals surface area contributed by atoms with Crippen molar-refractivity contribution >= 4 is 29.0 Å². The molecule has 0 saturated heterocycles. The normalized spacial score (nSPS) is 11.5. The summed E-state index contributed by atoms with van der Waals surface area (Å²) in [4.78, 5) is 13.4. The Morgan fingerprint density at radius 2 is 2.39 bits per heavy atom. The fourth-order valence-electron chi connectivity index (χ4n) is 1.32. The van der Waals surface area contributed by atoms with Gasteiger partial charge in [0.2, 0.25) is 0 Å². The van der Waals surface area contributed by atoms with Crippen LogP contribution in [0.25, 0.3) is 0 Å². The predicted molar refractivity (Wildman–Crippen MR) is 78.2 cm³/mol. The van der Waals surface area contributed by atoms with Gasteiger partial charge < -0.3 is 10.4 Å². The number of nitrogens with one attached hydrogen (secondary N) is 1. The van der Waals surface area contributed by atoms with Gasteiger partial charge in [-0.15, -0.1) is 11.3 Å². The summed E-state index contributed by atoms with van der Waals surface area (Å²) in [6, 6.07) is 3.75. The molecule has 0 radical (unpaired) electrons. The number of amides is 1. The molecule has 0 aliphatic rings. The summed E-state index contributed by atoms with van der Waals surface area (Å²) in [6.07, 6.45) is 3.02. The summed E-state index contributed by atoms with van der Waals surface area (Å²) in [5, 5.41) is 11.6. The van der Waals surface area contributed by atoms with Crippen LogP contribution < -0.4 is 5.32 Å². The third-order valence-corrected chi connectivity index (χ3v) is 3.90. The zero-order valence-corrected chi connectivity index (χ0v) is 12.2. The first-order chi connectivity index (χ1) is 8.67. The van der Waals surface area contributed by atoms with Gasteiger partial charge in [-0.05, 0) is 37.5 Å². The molecule has 0 aromatic carbocycles. The number of thioether (sulfide) groups is 1. The van der Waals surface area contributed by atoms with E-state index in [0.717, 1.165) is 17.1 Å². The number of thiophene rings is 1. The molecule has 1 heterocycles. The lowest BCUT2D eigenvalue weighted by Crippen LogP contribution is -2.32. The number of rotatable bonds is 5. The van der Waals surface area contributed by atoms with Crippen molar-refractivity contribution < 1.29 is 9.90 Å². The van der Waals surface area contributed by atoms with Crippen LogP contribution >= 0.6 is 23.1 Å². The highest BCUT2D eigenvalue weighted by atomic mass is 32.2.